The van der Waals surface area contributed by atoms with E-state index in [1.807, 2.05) is 36.2 Å². The summed E-state index contributed by atoms with van der Waals surface area (Å²) in [4.78, 5) is 16.8. The minimum Gasteiger partial charge on any atom is -0.497 e. The van der Waals surface area contributed by atoms with Crippen molar-refractivity contribution in [2.75, 3.05) is 32.1 Å². The fourth-order valence-electron chi connectivity index (χ4n) is 3.31. The molecule has 2 aromatic rings. The monoisotopic (exact) mass is 338 g/mol. The van der Waals surface area contributed by atoms with Crippen molar-refractivity contribution in [3.63, 3.8) is 0 Å². The number of carbonyl (C=O) groups is 1. The van der Waals surface area contributed by atoms with Gasteiger partial charge in [-0.15, -0.1) is 0 Å². The van der Waals surface area contributed by atoms with Crippen molar-refractivity contribution in [1.82, 2.24) is 4.90 Å². The molecule has 4 nitrogen and oxygen atoms in total. The van der Waals surface area contributed by atoms with Crippen LogP contribution in [-0.2, 0) is 17.8 Å². The zero-order chi connectivity index (χ0) is 17.6. The molecule has 0 radical (unpaired) electrons. The van der Waals surface area contributed by atoms with Gasteiger partial charge >= 0.3 is 0 Å². The number of rotatable bonds is 6. The Labute approximate surface area is 150 Å². The standard InChI is InChI=1S/C21H26N2O2/c1-22(21(24)15-17-9-11-19(25-2)12-10-17)16-18-7-3-4-8-20(18)23-13-5-6-14-23/h3-4,7-12H,5-6,13-16H2,1-2H3. The average molecular weight is 338 g/mol. The number of carbonyl (C=O) groups excluding carboxylic acids is 1. The Hall–Kier alpha value is -2.49. The topological polar surface area (TPSA) is 32.8 Å². The fraction of sp³-hybridized carbons (Fsp3) is 0.381. The first-order valence-corrected chi connectivity index (χ1v) is 8.87. The zero-order valence-electron chi connectivity index (χ0n) is 15.1. The second kappa shape index (κ2) is 8.06. The van der Waals surface area contributed by atoms with Crippen LogP contribution in [0, 0.1) is 0 Å². The number of ether oxygens (including phenoxy) is 1. The maximum absolute atomic E-state index is 12.6. The first kappa shape index (κ1) is 17.3. The van der Waals surface area contributed by atoms with Crippen molar-refractivity contribution in [2.24, 2.45) is 0 Å². The summed E-state index contributed by atoms with van der Waals surface area (Å²) in [6.45, 7) is 2.86. The van der Waals surface area contributed by atoms with Crippen LogP contribution >= 0.6 is 0 Å². The molecule has 0 N–H and O–H groups in total. The summed E-state index contributed by atoms with van der Waals surface area (Å²) < 4.78 is 5.16. The largest absolute Gasteiger partial charge is 0.497 e. The van der Waals surface area contributed by atoms with Crippen molar-refractivity contribution in [3.05, 3.63) is 59.7 Å². The molecule has 25 heavy (non-hydrogen) atoms. The second-order valence-electron chi connectivity index (χ2n) is 6.60. The van der Waals surface area contributed by atoms with Gasteiger partial charge in [-0.2, -0.15) is 0 Å². The SMILES string of the molecule is COc1ccc(CC(=O)N(C)Cc2ccccc2N2CCCC2)cc1. The van der Waals surface area contributed by atoms with Crippen LogP contribution in [0.4, 0.5) is 5.69 Å². The van der Waals surface area contributed by atoms with E-state index in [1.165, 1.54) is 24.1 Å². The molecule has 0 aliphatic carbocycles. The quantitative estimate of drug-likeness (QED) is 0.808. The van der Waals surface area contributed by atoms with Gasteiger partial charge in [0, 0.05) is 32.4 Å². The van der Waals surface area contributed by atoms with Crippen LogP contribution in [0.3, 0.4) is 0 Å². The molecule has 0 spiro atoms. The van der Waals surface area contributed by atoms with E-state index in [9.17, 15) is 4.79 Å². The number of anilines is 1. The molecule has 0 unspecified atom stereocenters. The maximum atomic E-state index is 12.6. The summed E-state index contributed by atoms with van der Waals surface area (Å²) in [7, 11) is 3.53. The van der Waals surface area contributed by atoms with Gasteiger partial charge in [0.25, 0.3) is 0 Å². The number of nitrogens with zero attached hydrogens (tertiary/aromatic N) is 2. The van der Waals surface area contributed by atoms with E-state index >= 15 is 0 Å². The highest BCUT2D eigenvalue weighted by atomic mass is 16.5. The molecule has 0 bridgehead atoms. The summed E-state index contributed by atoms with van der Waals surface area (Å²) >= 11 is 0. The van der Waals surface area contributed by atoms with Gasteiger partial charge in [0.1, 0.15) is 5.75 Å². The zero-order valence-corrected chi connectivity index (χ0v) is 15.1. The van der Waals surface area contributed by atoms with Crippen LogP contribution in [0.5, 0.6) is 5.75 Å². The Balaban J connectivity index is 1.65. The molecule has 1 heterocycles. The average Bonchev–Trinajstić information content (AvgIpc) is 3.17. The van der Waals surface area contributed by atoms with Crippen molar-refractivity contribution < 1.29 is 9.53 Å². The van der Waals surface area contributed by atoms with Crippen LogP contribution in [0.25, 0.3) is 0 Å². The Kier molecular flexibility index (Phi) is 5.59. The molecule has 1 aliphatic heterocycles. The lowest BCUT2D eigenvalue weighted by Gasteiger charge is -2.24. The molecule has 1 fully saturated rings. The Bertz CT molecular complexity index is 706. The molecule has 0 saturated carbocycles. The van der Waals surface area contributed by atoms with E-state index in [-0.39, 0.29) is 5.91 Å². The predicted octanol–water partition coefficient (Wildman–Crippen LogP) is 3.50. The van der Waals surface area contributed by atoms with Crippen LogP contribution in [0.2, 0.25) is 0 Å². The summed E-state index contributed by atoms with van der Waals surface area (Å²) in [5.41, 5.74) is 3.49. The van der Waals surface area contributed by atoms with Gasteiger partial charge in [0.05, 0.1) is 13.5 Å². The minimum absolute atomic E-state index is 0.126. The van der Waals surface area contributed by atoms with Crippen LogP contribution < -0.4 is 9.64 Å². The molecule has 0 aromatic heterocycles. The summed E-state index contributed by atoms with van der Waals surface area (Å²) in [6.07, 6.45) is 2.91. The van der Waals surface area contributed by atoms with E-state index in [2.05, 4.69) is 29.2 Å². The number of hydrogen-bond acceptors (Lipinski definition) is 3. The van der Waals surface area contributed by atoms with Crippen molar-refractivity contribution in [3.8, 4) is 5.75 Å². The highest BCUT2D eigenvalue weighted by Gasteiger charge is 2.17. The smallest absolute Gasteiger partial charge is 0.227 e. The molecule has 3 rings (SSSR count). The third-order valence-electron chi connectivity index (χ3n) is 4.79. The molecule has 4 heteroatoms. The van der Waals surface area contributed by atoms with Gasteiger partial charge in [0.15, 0.2) is 0 Å². The van der Waals surface area contributed by atoms with Crippen molar-refractivity contribution in [1.29, 1.82) is 0 Å². The molecule has 2 aromatic carbocycles. The normalized spacial score (nSPS) is 13.8. The van der Waals surface area contributed by atoms with E-state index in [0.29, 0.717) is 13.0 Å². The number of hydrogen-bond donors (Lipinski definition) is 0. The third kappa shape index (κ3) is 4.32. The summed E-state index contributed by atoms with van der Waals surface area (Å²) in [5.74, 6) is 0.936. The van der Waals surface area contributed by atoms with Gasteiger partial charge in [-0.3, -0.25) is 4.79 Å². The van der Waals surface area contributed by atoms with Crippen molar-refractivity contribution in [2.45, 2.75) is 25.8 Å². The van der Waals surface area contributed by atoms with Gasteiger partial charge in [-0.05, 0) is 42.2 Å². The third-order valence-corrected chi connectivity index (χ3v) is 4.79. The highest BCUT2D eigenvalue weighted by molar-refractivity contribution is 5.78. The van der Waals surface area contributed by atoms with Crippen LogP contribution in [0.15, 0.2) is 48.5 Å². The number of para-hydroxylation sites is 1. The lowest BCUT2D eigenvalue weighted by atomic mass is 10.1. The molecular formula is C21H26N2O2. The Morgan fingerprint density at radius 3 is 2.44 bits per heavy atom. The minimum atomic E-state index is 0.126. The number of amides is 1. The Morgan fingerprint density at radius 1 is 1.08 bits per heavy atom. The van der Waals surface area contributed by atoms with Crippen molar-refractivity contribution >= 4 is 11.6 Å². The molecule has 1 amide bonds. The molecular weight excluding hydrogens is 312 g/mol. The number of likely N-dealkylation sites (N-methyl/N-ethyl adjacent to an activating group) is 1. The molecule has 132 valence electrons. The lowest BCUT2D eigenvalue weighted by molar-refractivity contribution is -0.129. The van der Waals surface area contributed by atoms with E-state index < -0.39 is 0 Å². The number of methoxy groups -OCH3 is 1. The lowest BCUT2D eigenvalue weighted by Crippen LogP contribution is -2.29. The predicted molar refractivity (Wildman–Crippen MR) is 101 cm³/mol. The highest BCUT2D eigenvalue weighted by Crippen LogP contribution is 2.25. The molecule has 1 saturated heterocycles. The van der Waals surface area contributed by atoms with E-state index in [1.54, 1.807) is 7.11 Å². The maximum Gasteiger partial charge on any atom is 0.227 e. The second-order valence-corrected chi connectivity index (χ2v) is 6.60. The van der Waals surface area contributed by atoms with E-state index in [0.717, 1.165) is 24.4 Å². The van der Waals surface area contributed by atoms with Gasteiger partial charge in [0.2, 0.25) is 5.91 Å². The van der Waals surface area contributed by atoms with Gasteiger partial charge in [-0.25, -0.2) is 0 Å². The first-order chi connectivity index (χ1) is 12.2. The molecule has 0 atom stereocenters. The number of benzene rings is 2. The van der Waals surface area contributed by atoms with E-state index in [4.69, 9.17) is 4.74 Å². The first-order valence-electron chi connectivity index (χ1n) is 8.87. The fourth-order valence-corrected chi connectivity index (χ4v) is 3.31. The Morgan fingerprint density at radius 2 is 1.76 bits per heavy atom. The summed E-state index contributed by atoms with van der Waals surface area (Å²) in [5, 5.41) is 0. The van der Waals surface area contributed by atoms with Gasteiger partial charge < -0.3 is 14.5 Å². The van der Waals surface area contributed by atoms with Gasteiger partial charge in [-0.1, -0.05) is 30.3 Å². The van der Waals surface area contributed by atoms with Crippen LogP contribution in [-0.4, -0.2) is 38.1 Å². The summed E-state index contributed by atoms with van der Waals surface area (Å²) in [6, 6.07) is 16.1. The van der Waals surface area contributed by atoms with Crippen LogP contribution in [0.1, 0.15) is 24.0 Å². The molecule has 1 aliphatic rings.